The van der Waals surface area contributed by atoms with E-state index < -0.39 is 15.7 Å². The molecule has 1 atom stereocenters. The second-order valence-corrected chi connectivity index (χ2v) is 10.9. The first-order valence-electron chi connectivity index (χ1n) is 12.6. The summed E-state index contributed by atoms with van der Waals surface area (Å²) in [5.74, 6) is 0. The van der Waals surface area contributed by atoms with Crippen molar-refractivity contribution in [3.63, 3.8) is 0 Å². The molecule has 0 aromatic heterocycles. The molecule has 5 aromatic carbocycles. The van der Waals surface area contributed by atoms with Gasteiger partial charge in [-0.3, -0.25) is 0 Å². The Kier molecular flexibility index (Phi) is 9.24. The molecule has 0 aliphatic rings. The summed E-state index contributed by atoms with van der Waals surface area (Å²) < 4.78 is 34.2. The standard InChI is InChI=1S/C32H29N3O4S.Na/c1-22-20-25(14-19-31(22)33)32(36,23-10-15-27(16-11-23)34-26-6-3-2-4-7-26)24-12-17-28(18-13-24)35-29-8-5-9-30(21-29)40(37,38)39;/h2-21,34-36H,33H2,1H3,(H,37,38,39);/q;+1/p-1. The number of para-hydroxylation sites is 1. The zero-order chi connectivity index (χ0) is 28.3. The number of nitrogens with one attached hydrogen (secondary N) is 2. The molecule has 9 heteroatoms. The SMILES string of the molecule is Cc1cc(C(O)(c2ccc(Nc3ccccc3)cc2)c2ccc(Nc3cccc(S(=O)(=O)[O-])c3)cc2)ccc1N.[Na+]. The number of nitrogen functional groups attached to an aromatic ring is 1. The van der Waals surface area contributed by atoms with Crippen LogP contribution in [0.4, 0.5) is 28.4 Å². The van der Waals surface area contributed by atoms with Crippen molar-refractivity contribution in [3.8, 4) is 0 Å². The van der Waals surface area contributed by atoms with Crippen molar-refractivity contribution in [1.82, 2.24) is 0 Å². The normalized spacial score (nSPS) is 12.6. The summed E-state index contributed by atoms with van der Waals surface area (Å²) in [7, 11) is -4.57. The number of hydrogen-bond acceptors (Lipinski definition) is 7. The number of aryl methyl sites for hydroxylation is 1. The molecule has 5 rings (SSSR count). The van der Waals surface area contributed by atoms with Crippen LogP contribution in [0.2, 0.25) is 0 Å². The Morgan fingerprint density at radius 2 is 1.15 bits per heavy atom. The van der Waals surface area contributed by atoms with Crippen LogP contribution >= 0.6 is 0 Å². The van der Waals surface area contributed by atoms with E-state index in [4.69, 9.17) is 5.73 Å². The van der Waals surface area contributed by atoms with Gasteiger partial charge in [-0.25, -0.2) is 8.42 Å². The summed E-state index contributed by atoms with van der Waals surface area (Å²) in [5.41, 5.74) is 11.0. The molecular weight excluding hydrogens is 545 g/mol. The van der Waals surface area contributed by atoms with Gasteiger partial charge in [-0.1, -0.05) is 60.7 Å². The van der Waals surface area contributed by atoms with Crippen molar-refractivity contribution >= 4 is 38.6 Å². The summed E-state index contributed by atoms with van der Waals surface area (Å²) in [5, 5.41) is 18.8. The molecule has 41 heavy (non-hydrogen) atoms. The second-order valence-electron chi connectivity index (χ2n) is 9.53. The minimum atomic E-state index is -4.57. The van der Waals surface area contributed by atoms with Gasteiger partial charge in [-0.15, -0.1) is 0 Å². The number of hydrogen-bond donors (Lipinski definition) is 4. The molecule has 0 amide bonds. The van der Waals surface area contributed by atoms with Gasteiger partial charge in [-0.2, -0.15) is 0 Å². The predicted molar refractivity (Wildman–Crippen MR) is 158 cm³/mol. The van der Waals surface area contributed by atoms with Crippen LogP contribution in [0.15, 0.2) is 126 Å². The Balaban J connectivity index is 0.00000387. The largest absolute Gasteiger partial charge is 1.00 e. The minimum Gasteiger partial charge on any atom is -0.744 e. The molecule has 0 fully saturated rings. The van der Waals surface area contributed by atoms with Gasteiger partial charge in [0.25, 0.3) is 0 Å². The van der Waals surface area contributed by atoms with Crippen LogP contribution in [0, 0.1) is 6.92 Å². The Morgan fingerprint density at radius 3 is 1.68 bits per heavy atom. The maximum absolute atomic E-state index is 12.3. The van der Waals surface area contributed by atoms with Gasteiger partial charge < -0.3 is 26.0 Å². The average Bonchev–Trinajstić information content (AvgIpc) is 2.95. The van der Waals surface area contributed by atoms with E-state index in [1.807, 2.05) is 73.7 Å². The van der Waals surface area contributed by atoms with Crippen molar-refractivity contribution in [2.75, 3.05) is 16.4 Å². The van der Waals surface area contributed by atoms with E-state index in [-0.39, 0.29) is 34.5 Å². The van der Waals surface area contributed by atoms with E-state index in [9.17, 15) is 18.1 Å². The molecule has 7 nitrogen and oxygen atoms in total. The Hall–Kier alpha value is -3.63. The van der Waals surface area contributed by atoms with E-state index in [0.717, 1.165) is 16.9 Å². The Bertz CT molecular complexity index is 1750. The first-order valence-corrected chi connectivity index (χ1v) is 14.0. The minimum absolute atomic E-state index is 0. The van der Waals surface area contributed by atoms with Crippen LogP contribution in [0.1, 0.15) is 22.3 Å². The maximum atomic E-state index is 12.3. The molecule has 0 heterocycles. The van der Waals surface area contributed by atoms with E-state index in [1.54, 1.807) is 36.4 Å². The molecule has 1 unspecified atom stereocenters. The molecule has 202 valence electrons. The van der Waals surface area contributed by atoms with E-state index >= 15 is 0 Å². The van der Waals surface area contributed by atoms with Gasteiger partial charge in [0.15, 0.2) is 0 Å². The smallest absolute Gasteiger partial charge is 0.744 e. The van der Waals surface area contributed by atoms with E-state index in [2.05, 4.69) is 10.6 Å². The summed E-state index contributed by atoms with van der Waals surface area (Å²) >= 11 is 0. The van der Waals surface area contributed by atoms with Crippen molar-refractivity contribution < 1.29 is 47.6 Å². The first kappa shape index (κ1) is 30.3. The third-order valence-electron chi connectivity index (χ3n) is 6.77. The molecule has 0 saturated carbocycles. The summed E-state index contributed by atoms with van der Waals surface area (Å²) in [6.45, 7) is 1.90. The molecule has 5 aromatic rings. The van der Waals surface area contributed by atoms with Gasteiger partial charge in [0.2, 0.25) is 0 Å². The maximum Gasteiger partial charge on any atom is 1.00 e. The molecular formula is C32H28N3NaO4S. The van der Waals surface area contributed by atoms with Crippen LogP contribution in [0.3, 0.4) is 0 Å². The molecule has 0 bridgehead atoms. The molecule has 0 aliphatic carbocycles. The predicted octanol–water partition coefficient (Wildman–Crippen LogP) is 3.26. The number of aliphatic hydroxyl groups is 1. The van der Waals surface area contributed by atoms with Crippen LogP contribution in [-0.2, 0) is 15.7 Å². The third kappa shape index (κ3) is 6.82. The Morgan fingerprint density at radius 1 is 0.659 bits per heavy atom. The Labute approximate surface area is 262 Å². The molecule has 0 radical (unpaired) electrons. The van der Waals surface area contributed by atoms with Gasteiger partial charge in [0.05, 0.1) is 4.90 Å². The summed E-state index contributed by atoms with van der Waals surface area (Å²) in [4.78, 5) is -0.313. The van der Waals surface area contributed by atoms with Gasteiger partial charge in [0, 0.05) is 28.4 Å². The molecule has 0 saturated heterocycles. The topological polar surface area (TPSA) is 128 Å². The van der Waals surface area contributed by atoms with E-state index in [0.29, 0.717) is 33.8 Å². The van der Waals surface area contributed by atoms with Crippen LogP contribution in [-0.4, -0.2) is 18.1 Å². The monoisotopic (exact) mass is 573 g/mol. The van der Waals surface area contributed by atoms with Crippen LogP contribution in [0.25, 0.3) is 0 Å². The van der Waals surface area contributed by atoms with Crippen molar-refractivity contribution in [2.45, 2.75) is 17.4 Å². The zero-order valence-corrected chi connectivity index (χ0v) is 25.5. The number of nitrogens with two attached hydrogens (primary N) is 1. The summed E-state index contributed by atoms with van der Waals surface area (Å²) in [6, 6.07) is 35.8. The van der Waals surface area contributed by atoms with Crippen molar-refractivity contribution in [2.24, 2.45) is 0 Å². The molecule has 5 N–H and O–H groups in total. The average molecular weight is 574 g/mol. The number of anilines is 5. The molecule has 0 aliphatic heterocycles. The number of benzene rings is 5. The quantitative estimate of drug-likeness (QED) is 0.0971. The fourth-order valence-corrected chi connectivity index (χ4v) is 5.09. The second kappa shape index (κ2) is 12.5. The zero-order valence-electron chi connectivity index (χ0n) is 22.7. The van der Waals surface area contributed by atoms with Crippen LogP contribution in [0.5, 0.6) is 0 Å². The molecule has 0 spiro atoms. The number of rotatable bonds is 8. The van der Waals surface area contributed by atoms with E-state index in [1.165, 1.54) is 18.2 Å². The summed E-state index contributed by atoms with van der Waals surface area (Å²) in [6.07, 6.45) is 0. The van der Waals surface area contributed by atoms with Gasteiger partial charge in [-0.05, 0) is 89.8 Å². The fraction of sp³-hybridized carbons (Fsp3) is 0.0625. The van der Waals surface area contributed by atoms with Crippen molar-refractivity contribution in [1.29, 1.82) is 0 Å². The first-order chi connectivity index (χ1) is 19.1. The third-order valence-corrected chi connectivity index (χ3v) is 7.60. The fourth-order valence-electron chi connectivity index (χ4n) is 4.57. The van der Waals surface area contributed by atoms with Crippen LogP contribution < -0.4 is 45.9 Å². The van der Waals surface area contributed by atoms with Gasteiger partial charge in [0.1, 0.15) is 15.7 Å². The van der Waals surface area contributed by atoms with Gasteiger partial charge >= 0.3 is 29.6 Å². The van der Waals surface area contributed by atoms with Crippen molar-refractivity contribution in [3.05, 3.63) is 144 Å².